The zero-order valence-corrected chi connectivity index (χ0v) is 13.5. The maximum Gasteiger partial charge on any atom is 0.248 e. The van der Waals surface area contributed by atoms with Crippen LogP contribution in [0.25, 0.3) is 11.6 Å². The van der Waals surface area contributed by atoms with Crippen LogP contribution in [-0.4, -0.2) is 23.7 Å². The number of nitrogens with one attached hydrogen (secondary N) is 2. The van der Waals surface area contributed by atoms with Crippen molar-refractivity contribution in [3.63, 3.8) is 0 Å². The first-order chi connectivity index (χ1) is 12.2. The van der Waals surface area contributed by atoms with Gasteiger partial charge in [-0.05, 0) is 41.5 Å². The van der Waals surface area contributed by atoms with Crippen LogP contribution in [0.4, 0.5) is 5.69 Å². The number of carbonyl (C=O) groups is 1. The molecule has 0 fully saturated rings. The van der Waals surface area contributed by atoms with Gasteiger partial charge in [0, 0.05) is 54.1 Å². The smallest absolute Gasteiger partial charge is 0.248 e. The minimum Gasteiger partial charge on any atom is -0.493 e. The molecular weight excluding hydrogens is 316 g/mol. The van der Waals surface area contributed by atoms with Gasteiger partial charge in [0.25, 0.3) is 0 Å². The lowest BCUT2D eigenvalue weighted by Crippen LogP contribution is -2.08. The van der Waals surface area contributed by atoms with E-state index in [-0.39, 0.29) is 5.91 Å². The number of rotatable bonds is 5. The first-order valence-electron chi connectivity index (χ1n) is 7.83. The molecular formula is C19H18N4O2. The van der Waals surface area contributed by atoms with Crippen LogP contribution in [0.2, 0.25) is 0 Å². The molecule has 1 aromatic carbocycles. The number of ether oxygens (including phenoxy) is 1. The molecule has 0 bridgehead atoms. The van der Waals surface area contributed by atoms with Crippen LogP contribution in [0.1, 0.15) is 16.7 Å². The number of benzene rings is 1. The van der Waals surface area contributed by atoms with Crippen molar-refractivity contribution in [3.8, 4) is 5.75 Å². The van der Waals surface area contributed by atoms with E-state index < -0.39 is 0 Å². The summed E-state index contributed by atoms with van der Waals surface area (Å²) in [7, 11) is 0. The normalized spacial score (nSPS) is 13.4. The maximum absolute atomic E-state index is 12.2. The van der Waals surface area contributed by atoms with Crippen molar-refractivity contribution in [2.24, 2.45) is 5.73 Å². The Morgan fingerprint density at radius 3 is 3.04 bits per heavy atom. The van der Waals surface area contributed by atoms with E-state index >= 15 is 0 Å². The average Bonchev–Trinajstić information content (AvgIpc) is 3.10. The number of nitrogens with zero attached hydrogens (tertiary/aromatic N) is 1. The van der Waals surface area contributed by atoms with Crippen LogP contribution in [-0.2, 0) is 11.2 Å². The lowest BCUT2D eigenvalue weighted by Gasteiger charge is -2.06. The van der Waals surface area contributed by atoms with Crippen molar-refractivity contribution in [2.45, 2.75) is 6.42 Å². The highest BCUT2D eigenvalue weighted by molar-refractivity contribution is 6.10. The van der Waals surface area contributed by atoms with Crippen molar-refractivity contribution in [1.82, 2.24) is 4.98 Å². The predicted molar refractivity (Wildman–Crippen MR) is 98.5 cm³/mol. The molecule has 3 rings (SSSR count). The predicted octanol–water partition coefficient (Wildman–Crippen LogP) is 2.62. The SMILES string of the molecule is N=CC(=CN)c1ccncc1/C=C/C(=O)Nc1ccc2c(c1)CCO2. The number of nitrogens with two attached hydrogens (primary N) is 1. The average molecular weight is 334 g/mol. The highest BCUT2D eigenvalue weighted by atomic mass is 16.5. The number of pyridine rings is 1. The second-order valence-electron chi connectivity index (χ2n) is 5.47. The summed E-state index contributed by atoms with van der Waals surface area (Å²) in [6.45, 7) is 0.681. The van der Waals surface area contributed by atoms with Crippen LogP contribution in [0, 0.1) is 5.41 Å². The van der Waals surface area contributed by atoms with Crippen LogP contribution in [0.5, 0.6) is 5.75 Å². The van der Waals surface area contributed by atoms with Gasteiger partial charge in [-0.2, -0.15) is 0 Å². The number of aromatic nitrogens is 1. The molecule has 25 heavy (non-hydrogen) atoms. The van der Waals surface area contributed by atoms with Crippen LogP contribution < -0.4 is 15.8 Å². The first kappa shape index (κ1) is 16.4. The fourth-order valence-corrected chi connectivity index (χ4v) is 2.63. The van der Waals surface area contributed by atoms with Crippen LogP contribution in [0.15, 0.2) is 48.9 Å². The quantitative estimate of drug-likeness (QED) is 0.578. The molecule has 0 atom stereocenters. The number of carbonyl (C=O) groups excluding carboxylic acids is 1. The number of allylic oxidation sites excluding steroid dienone is 1. The molecule has 2 aromatic rings. The van der Waals surface area contributed by atoms with Gasteiger partial charge in [-0.25, -0.2) is 0 Å². The van der Waals surface area contributed by atoms with Crippen molar-refractivity contribution in [3.05, 3.63) is 65.6 Å². The number of anilines is 1. The van der Waals surface area contributed by atoms with Gasteiger partial charge < -0.3 is 21.2 Å². The van der Waals surface area contributed by atoms with E-state index in [9.17, 15) is 4.79 Å². The zero-order chi connectivity index (χ0) is 17.6. The molecule has 126 valence electrons. The number of fused-ring (bicyclic) bond motifs is 1. The summed E-state index contributed by atoms with van der Waals surface area (Å²) < 4.78 is 5.45. The Morgan fingerprint density at radius 2 is 2.24 bits per heavy atom. The third-order valence-corrected chi connectivity index (χ3v) is 3.87. The molecule has 4 N–H and O–H groups in total. The molecule has 1 aliphatic rings. The Bertz CT molecular complexity index is 871. The monoisotopic (exact) mass is 334 g/mol. The molecule has 1 aromatic heterocycles. The lowest BCUT2D eigenvalue weighted by atomic mass is 10.0. The van der Waals surface area contributed by atoms with Gasteiger partial charge in [-0.15, -0.1) is 0 Å². The molecule has 0 aliphatic carbocycles. The second-order valence-corrected chi connectivity index (χ2v) is 5.47. The second kappa shape index (κ2) is 7.44. The third-order valence-electron chi connectivity index (χ3n) is 3.87. The molecule has 2 heterocycles. The van der Waals surface area contributed by atoms with Gasteiger partial charge in [0.15, 0.2) is 0 Å². The van der Waals surface area contributed by atoms with E-state index in [1.54, 1.807) is 24.5 Å². The van der Waals surface area contributed by atoms with Gasteiger partial charge in [-0.1, -0.05) is 0 Å². The summed E-state index contributed by atoms with van der Waals surface area (Å²) >= 11 is 0. The summed E-state index contributed by atoms with van der Waals surface area (Å²) in [5, 5.41) is 10.2. The third kappa shape index (κ3) is 3.74. The van der Waals surface area contributed by atoms with E-state index in [1.165, 1.54) is 18.5 Å². The van der Waals surface area contributed by atoms with Gasteiger partial charge in [0.2, 0.25) is 5.91 Å². The summed E-state index contributed by atoms with van der Waals surface area (Å²) in [6.07, 6.45) is 9.70. The van der Waals surface area contributed by atoms with Gasteiger partial charge in [-0.3, -0.25) is 9.78 Å². The summed E-state index contributed by atoms with van der Waals surface area (Å²) in [6, 6.07) is 7.36. The fourth-order valence-electron chi connectivity index (χ4n) is 2.63. The fraction of sp³-hybridized carbons (Fsp3) is 0.105. The Morgan fingerprint density at radius 1 is 1.36 bits per heavy atom. The van der Waals surface area contributed by atoms with E-state index in [4.69, 9.17) is 15.9 Å². The van der Waals surface area contributed by atoms with E-state index in [0.29, 0.717) is 17.7 Å². The largest absolute Gasteiger partial charge is 0.493 e. The van der Waals surface area contributed by atoms with Crippen molar-refractivity contribution in [1.29, 1.82) is 5.41 Å². The summed E-state index contributed by atoms with van der Waals surface area (Å²) in [4.78, 5) is 16.2. The highest BCUT2D eigenvalue weighted by Crippen LogP contribution is 2.27. The molecule has 6 nitrogen and oxygen atoms in total. The molecule has 0 unspecified atom stereocenters. The van der Waals surface area contributed by atoms with Crippen molar-refractivity contribution < 1.29 is 9.53 Å². The van der Waals surface area contributed by atoms with Gasteiger partial charge in [0.05, 0.1) is 6.61 Å². The highest BCUT2D eigenvalue weighted by Gasteiger charge is 2.12. The van der Waals surface area contributed by atoms with E-state index in [0.717, 1.165) is 29.0 Å². The van der Waals surface area contributed by atoms with E-state index in [1.807, 2.05) is 18.2 Å². The molecule has 1 aliphatic heterocycles. The molecule has 0 spiro atoms. The zero-order valence-electron chi connectivity index (χ0n) is 13.5. The maximum atomic E-state index is 12.2. The summed E-state index contributed by atoms with van der Waals surface area (Å²) in [5.41, 5.74) is 9.37. The van der Waals surface area contributed by atoms with Crippen LogP contribution >= 0.6 is 0 Å². The van der Waals surface area contributed by atoms with Gasteiger partial charge >= 0.3 is 0 Å². The summed E-state index contributed by atoms with van der Waals surface area (Å²) in [5.74, 6) is 0.628. The molecule has 0 radical (unpaired) electrons. The minimum atomic E-state index is -0.248. The van der Waals surface area contributed by atoms with E-state index in [2.05, 4.69) is 10.3 Å². The van der Waals surface area contributed by atoms with Crippen molar-refractivity contribution >= 4 is 29.5 Å². The molecule has 0 saturated heterocycles. The molecule has 1 amide bonds. The van der Waals surface area contributed by atoms with Gasteiger partial charge in [0.1, 0.15) is 5.75 Å². The minimum absolute atomic E-state index is 0.248. The molecule has 6 heteroatoms. The number of hydrogen-bond donors (Lipinski definition) is 3. The van der Waals surface area contributed by atoms with Crippen molar-refractivity contribution in [2.75, 3.05) is 11.9 Å². The van der Waals surface area contributed by atoms with Crippen LogP contribution in [0.3, 0.4) is 0 Å². The number of amides is 1. The first-order valence-corrected chi connectivity index (χ1v) is 7.83. The Balaban J connectivity index is 1.74. The Labute approximate surface area is 145 Å². The molecule has 0 saturated carbocycles. The Kier molecular flexibility index (Phi) is 4.89. The topological polar surface area (TPSA) is 101 Å². The number of hydrogen-bond acceptors (Lipinski definition) is 5. The lowest BCUT2D eigenvalue weighted by molar-refractivity contribution is -0.111. The standard InChI is InChI=1S/C19H18N4O2/c20-10-15(11-21)17-5-7-22-12-14(17)1-4-19(24)23-16-2-3-18-13(9-16)6-8-25-18/h1-5,7,9-12,20H,6,8,21H2,(H,23,24)/b4-1+,15-11?,20-10?. The Hall–Kier alpha value is -3.41.